The summed E-state index contributed by atoms with van der Waals surface area (Å²) in [7, 11) is 0. The SMILES string of the molecule is CCCNC(=O)/C=C\c1cc(C(F)(F)F)cc2ncn(-c3ccccc3)c12. The van der Waals surface area contributed by atoms with E-state index in [-0.39, 0.29) is 17.0 Å². The van der Waals surface area contributed by atoms with Crippen molar-refractivity contribution < 1.29 is 18.0 Å². The van der Waals surface area contributed by atoms with Crippen molar-refractivity contribution in [3.63, 3.8) is 0 Å². The number of hydrogen-bond donors (Lipinski definition) is 1. The van der Waals surface area contributed by atoms with Crippen molar-refractivity contribution in [3.8, 4) is 5.69 Å². The summed E-state index contributed by atoms with van der Waals surface area (Å²) in [4.78, 5) is 16.0. The maximum atomic E-state index is 13.3. The second kappa shape index (κ2) is 7.65. The summed E-state index contributed by atoms with van der Waals surface area (Å²) >= 11 is 0. The Morgan fingerprint density at radius 2 is 1.96 bits per heavy atom. The van der Waals surface area contributed by atoms with Crippen LogP contribution in [0.15, 0.2) is 54.9 Å². The number of aromatic nitrogens is 2. The van der Waals surface area contributed by atoms with E-state index < -0.39 is 11.7 Å². The van der Waals surface area contributed by atoms with Gasteiger partial charge in [0.25, 0.3) is 0 Å². The number of halogens is 3. The molecule has 0 bridgehead atoms. The van der Waals surface area contributed by atoms with Gasteiger partial charge in [0.15, 0.2) is 0 Å². The summed E-state index contributed by atoms with van der Waals surface area (Å²) in [6.07, 6.45) is 0.386. The summed E-state index contributed by atoms with van der Waals surface area (Å²) in [5.74, 6) is -0.354. The number of alkyl halides is 3. The zero-order valence-electron chi connectivity index (χ0n) is 14.6. The van der Waals surface area contributed by atoms with Crippen molar-refractivity contribution in [1.29, 1.82) is 0 Å². The minimum absolute atomic E-state index is 0.210. The van der Waals surface area contributed by atoms with Gasteiger partial charge in [-0.3, -0.25) is 9.36 Å². The van der Waals surface area contributed by atoms with Crippen LogP contribution in [0.5, 0.6) is 0 Å². The normalized spacial score (nSPS) is 12.0. The Balaban J connectivity index is 2.13. The monoisotopic (exact) mass is 373 g/mol. The minimum Gasteiger partial charge on any atom is -0.353 e. The molecule has 27 heavy (non-hydrogen) atoms. The van der Waals surface area contributed by atoms with E-state index in [4.69, 9.17) is 0 Å². The molecule has 0 radical (unpaired) electrons. The highest BCUT2D eigenvalue weighted by atomic mass is 19.4. The van der Waals surface area contributed by atoms with Gasteiger partial charge in [-0.1, -0.05) is 25.1 Å². The third kappa shape index (κ3) is 4.19. The molecule has 1 aromatic heterocycles. The molecule has 0 saturated carbocycles. The second-order valence-corrected chi connectivity index (χ2v) is 6.01. The largest absolute Gasteiger partial charge is 0.416 e. The molecule has 0 unspecified atom stereocenters. The summed E-state index contributed by atoms with van der Waals surface area (Å²) in [5, 5.41) is 2.67. The Labute approximate surface area is 154 Å². The smallest absolute Gasteiger partial charge is 0.353 e. The van der Waals surface area contributed by atoms with Gasteiger partial charge in [-0.05, 0) is 36.8 Å². The summed E-state index contributed by atoms with van der Waals surface area (Å²) in [6, 6.07) is 11.2. The van der Waals surface area contributed by atoms with E-state index in [0.29, 0.717) is 12.1 Å². The van der Waals surface area contributed by atoms with Gasteiger partial charge in [-0.2, -0.15) is 13.2 Å². The summed E-state index contributed by atoms with van der Waals surface area (Å²) in [5.41, 5.74) is 0.954. The molecule has 7 heteroatoms. The van der Waals surface area contributed by atoms with Crippen molar-refractivity contribution in [2.24, 2.45) is 0 Å². The van der Waals surface area contributed by atoms with Crippen molar-refractivity contribution in [3.05, 3.63) is 66.0 Å². The quantitative estimate of drug-likeness (QED) is 0.665. The van der Waals surface area contributed by atoms with E-state index in [1.54, 1.807) is 4.57 Å². The molecule has 4 nitrogen and oxygen atoms in total. The molecular formula is C20H18F3N3O. The fraction of sp³-hybridized carbons (Fsp3) is 0.200. The highest BCUT2D eigenvalue weighted by Gasteiger charge is 2.31. The van der Waals surface area contributed by atoms with E-state index in [0.717, 1.165) is 24.2 Å². The van der Waals surface area contributed by atoms with E-state index in [1.807, 2.05) is 37.3 Å². The Hall–Kier alpha value is -3.09. The van der Waals surface area contributed by atoms with Gasteiger partial charge in [0.2, 0.25) is 5.91 Å². The molecule has 2 aromatic carbocycles. The molecule has 0 atom stereocenters. The number of nitrogens with one attached hydrogen (secondary N) is 1. The highest BCUT2D eigenvalue weighted by molar-refractivity contribution is 5.95. The van der Waals surface area contributed by atoms with Crippen LogP contribution < -0.4 is 5.32 Å². The van der Waals surface area contributed by atoms with Gasteiger partial charge >= 0.3 is 6.18 Å². The average molecular weight is 373 g/mol. The first-order valence-electron chi connectivity index (χ1n) is 8.50. The van der Waals surface area contributed by atoms with Crippen LogP contribution in [0.4, 0.5) is 13.2 Å². The third-order valence-corrected chi connectivity index (χ3v) is 4.00. The Bertz CT molecular complexity index is 975. The number of nitrogens with zero attached hydrogens (tertiary/aromatic N) is 2. The van der Waals surface area contributed by atoms with Crippen LogP contribution in [-0.2, 0) is 11.0 Å². The predicted octanol–water partition coefficient (Wildman–Crippen LogP) is 4.58. The molecule has 1 amide bonds. The third-order valence-electron chi connectivity index (χ3n) is 4.00. The van der Waals surface area contributed by atoms with Gasteiger partial charge in [0, 0.05) is 23.9 Å². The van der Waals surface area contributed by atoms with Crippen molar-refractivity contribution in [2.75, 3.05) is 6.54 Å². The van der Waals surface area contributed by atoms with E-state index in [9.17, 15) is 18.0 Å². The zero-order valence-corrected chi connectivity index (χ0v) is 14.6. The number of amides is 1. The second-order valence-electron chi connectivity index (χ2n) is 6.01. The number of fused-ring (bicyclic) bond motifs is 1. The molecule has 1 heterocycles. The first-order chi connectivity index (χ1) is 12.9. The average Bonchev–Trinajstić information content (AvgIpc) is 3.08. The predicted molar refractivity (Wildman–Crippen MR) is 98.4 cm³/mol. The zero-order chi connectivity index (χ0) is 19.4. The lowest BCUT2D eigenvalue weighted by molar-refractivity contribution is -0.137. The number of para-hydroxylation sites is 1. The number of imidazole rings is 1. The summed E-state index contributed by atoms with van der Waals surface area (Å²) in [6.45, 7) is 2.42. The molecule has 0 saturated heterocycles. The number of carbonyl (C=O) groups is 1. The lowest BCUT2D eigenvalue weighted by atomic mass is 10.1. The first kappa shape index (κ1) is 18.7. The fourth-order valence-corrected chi connectivity index (χ4v) is 2.73. The van der Waals surface area contributed by atoms with E-state index in [1.165, 1.54) is 18.5 Å². The minimum atomic E-state index is -4.50. The van der Waals surface area contributed by atoms with Gasteiger partial charge in [0.1, 0.15) is 6.33 Å². The molecule has 0 aliphatic rings. The Morgan fingerprint density at radius 1 is 1.22 bits per heavy atom. The van der Waals surface area contributed by atoms with Crippen LogP contribution in [-0.4, -0.2) is 22.0 Å². The van der Waals surface area contributed by atoms with Crippen LogP contribution in [0, 0.1) is 0 Å². The number of hydrogen-bond acceptors (Lipinski definition) is 2. The van der Waals surface area contributed by atoms with E-state index in [2.05, 4.69) is 10.3 Å². The Morgan fingerprint density at radius 3 is 2.63 bits per heavy atom. The van der Waals surface area contributed by atoms with Crippen LogP contribution in [0.2, 0.25) is 0 Å². The molecule has 140 valence electrons. The number of rotatable bonds is 5. The molecule has 3 rings (SSSR count). The van der Waals surface area contributed by atoms with Gasteiger partial charge < -0.3 is 5.32 Å². The van der Waals surface area contributed by atoms with Crippen LogP contribution in [0.25, 0.3) is 22.8 Å². The van der Waals surface area contributed by atoms with Crippen molar-refractivity contribution in [2.45, 2.75) is 19.5 Å². The van der Waals surface area contributed by atoms with Crippen molar-refractivity contribution in [1.82, 2.24) is 14.9 Å². The molecule has 0 aliphatic heterocycles. The molecule has 3 aromatic rings. The standard InChI is InChI=1S/C20H18F3N3O/c1-2-10-24-18(27)9-8-14-11-15(20(21,22)23)12-17-19(14)26(13-25-17)16-6-4-3-5-7-16/h3-9,11-13H,2,10H2,1H3,(H,24,27)/b9-8-. The molecular weight excluding hydrogens is 355 g/mol. The molecule has 0 fully saturated rings. The first-order valence-corrected chi connectivity index (χ1v) is 8.50. The van der Waals surface area contributed by atoms with Crippen LogP contribution >= 0.6 is 0 Å². The number of carbonyl (C=O) groups excluding carboxylic acids is 1. The van der Waals surface area contributed by atoms with Gasteiger partial charge in [0.05, 0.1) is 16.6 Å². The maximum Gasteiger partial charge on any atom is 0.416 e. The summed E-state index contributed by atoms with van der Waals surface area (Å²) < 4.78 is 41.5. The highest BCUT2D eigenvalue weighted by Crippen LogP contribution is 2.34. The van der Waals surface area contributed by atoms with Gasteiger partial charge in [-0.15, -0.1) is 0 Å². The molecule has 0 spiro atoms. The lowest BCUT2D eigenvalue weighted by Crippen LogP contribution is -2.21. The number of benzene rings is 2. The fourth-order valence-electron chi connectivity index (χ4n) is 2.73. The van der Waals surface area contributed by atoms with Crippen LogP contribution in [0.1, 0.15) is 24.5 Å². The van der Waals surface area contributed by atoms with Gasteiger partial charge in [-0.25, -0.2) is 4.98 Å². The lowest BCUT2D eigenvalue weighted by Gasteiger charge is -2.11. The van der Waals surface area contributed by atoms with E-state index >= 15 is 0 Å². The Kier molecular flexibility index (Phi) is 5.30. The van der Waals surface area contributed by atoms with Crippen molar-refractivity contribution >= 4 is 23.0 Å². The van der Waals surface area contributed by atoms with Crippen LogP contribution in [0.3, 0.4) is 0 Å². The topological polar surface area (TPSA) is 46.9 Å². The maximum absolute atomic E-state index is 13.3. The molecule has 1 N–H and O–H groups in total. The molecule has 0 aliphatic carbocycles.